The first kappa shape index (κ1) is 17.9. The van der Waals surface area contributed by atoms with E-state index in [4.69, 9.17) is 0 Å². The predicted octanol–water partition coefficient (Wildman–Crippen LogP) is 5.20. The minimum atomic E-state index is -0.607. The van der Waals surface area contributed by atoms with Crippen LogP contribution in [0.5, 0.6) is 0 Å². The van der Waals surface area contributed by atoms with Crippen LogP contribution in [0.2, 0.25) is 0 Å². The summed E-state index contributed by atoms with van der Waals surface area (Å²) in [6.07, 6.45) is 3.27. The Labute approximate surface area is 151 Å². The van der Waals surface area contributed by atoms with Gasteiger partial charge in [-0.3, -0.25) is 4.79 Å². The Hall–Kier alpha value is -1.88. The summed E-state index contributed by atoms with van der Waals surface area (Å²) in [5.74, 6) is -0.584. The fourth-order valence-corrected chi connectivity index (χ4v) is 4.28. The molecule has 132 valence electrons. The maximum atomic E-state index is 14.1. The van der Waals surface area contributed by atoms with Crippen LogP contribution in [0.3, 0.4) is 0 Å². The molecule has 1 aliphatic heterocycles. The van der Waals surface area contributed by atoms with Crippen molar-refractivity contribution in [3.8, 4) is 0 Å². The van der Waals surface area contributed by atoms with Crippen LogP contribution in [0.4, 0.5) is 8.78 Å². The van der Waals surface area contributed by atoms with Crippen LogP contribution in [-0.2, 0) is 6.42 Å². The number of unbranched alkanes of at least 4 members (excludes halogenated alkanes) is 1. The van der Waals surface area contributed by atoms with Crippen LogP contribution in [0, 0.1) is 11.6 Å². The SMILES string of the molecule is CCCCc1ccc(C(=O)N2CCSC2c2ccc(F)cc2F)cc1. The largest absolute Gasteiger partial charge is 0.322 e. The summed E-state index contributed by atoms with van der Waals surface area (Å²) < 4.78 is 27.3. The summed E-state index contributed by atoms with van der Waals surface area (Å²) in [7, 11) is 0. The number of rotatable bonds is 5. The third kappa shape index (κ3) is 4.03. The zero-order valence-electron chi connectivity index (χ0n) is 14.2. The molecule has 0 bridgehead atoms. The van der Waals surface area contributed by atoms with Gasteiger partial charge in [0.05, 0.1) is 0 Å². The van der Waals surface area contributed by atoms with Crippen molar-refractivity contribution in [2.75, 3.05) is 12.3 Å². The third-order valence-corrected chi connectivity index (χ3v) is 5.64. The van der Waals surface area contributed by atoms with E-state index in [0.717, 1.165) is 31.1 Å². The number of halogens is 2. The van der Waals surface area contributed by atoms with E-state index in [9.17, 15) is 13.6 Å². The summed E-state index contributed by atoms with van der Waals surface area (Å²) in [5, 5.41) is -0.409. The van der Waals surface area contributed by atoms with Crippen molar-refractivity contribution >= 4 is 17.7 Å². The highest BCUT2D eigenvalue weighted by atomic mass is 32.2. The second-order valence-electron chi connectivity index (χ2n) is 6.19. The summed E-state index contributed by atoms with van der Waals surface area (Å²) in [4.78, 5) is 14.5. The van der Waals surface area contributed by atoms with E-state index in [1.807, 2.05) is 24.3 Å². The fraction of sp³-hybridized carbons (Fsp3) is 0.350. The Morgan fingerprint density at radius 3 is 2.64 bits per heavy atom. The molecular formula is C20H21F2NOS. The monoisotopic (exact) mass is 361 g/mol. The van der Waals surface area contributed by atoms with Gasteiger partial charge >= 0.3 is 0 Å². The van der Waals surface area contributed by atoms with E-state index in [2.05, 4.69) is 6.92 Å². The molecule has 1 atom stereocenters. The van der Waals surface area contributed by atoms with Crippen LogP contribution >= 0.6 is 11.8 Å². The fourth-order valence-electron chi connectivity index (χ4n) is 3.00. The second-order valence-corrected chi connectivity index (χ2v) is 7.38. The van der Waals surface area contributed by atoms with Crippen molar-refractivity contribution in [2.45, 2.75) is 31.6 Å². The Morgan fingerprint density at radius 1 is 1.20 bits per heavy atom. The van der Waals surface area contributed by atoms with Gasteiger partial charge in [-0.15, -0.1) is 11.8 Å². The molecule has 1 saturated heterocycles. The summed E-state index contributed by atoms with van der Waals surface area (Å²) in [6.45, 7) is 2.71. The number of nitrogens with zero attached hydrogens (tertiary/aromatic N) is 1. The van der Waals surface area contributed by atoms with Gasteiger partial charge in [-0.2, -0.15) is 0 Å². The predicted molar refractivity (Wildman–Crippen MR) is 97.6 cm³/mol. The van der Waals surface area contributed by atoms with Crippen LogP contribution < -0.4 is 0 Å². The molecule has 1 fully saturated rings. The van der Waals surface area contributed by atoms with Gasteiger partial charge in [0.1, 0.15) is 17.0 Å². The molecule has 0 saturated carbocycles. The molecule has 0 aromatic heterocycles. The molecular weight excluding hydrogens is 340 g/mol. The zero-order chi connectivity index (χ0) is 17.8. The normalized spacial score (nSPS) is 17.1. The molecule has 1 amide bonds. The van der Waals surface area contributed by atoms with E-state index >= 15 is 0 Å². The highest BCUT2D eigenvalue weighted by Crippen LogP contribution is 2.39. The third-order valence-electron chi connectivity index (χ3n) is 4.40. The zero-order valence-corrected chi connectivity index (χ0v) is 15.0. The lowest BCUT2D eigenvalue weighted by Gasteiger charge is -2.24. The number of hydrogen-bond donors (Lipinski definition) is 0. The lowest BCUT2D eigenvalue weighted by atomic mass is 10.1. The average Bonchev–Trinajstić information content (AvgIpc) is 3.09. The van der Waals surface area contributed by atoms with Crippen LogP contribution in [0.15, 0.2) is 42.5 Å². The minimum absolute atomic E-state index is 0.110. The number of carbonyl (C=O) groups is 1. The lowest BCUT2D eigenvalue weighted by molar-refractivity contribution is 0.0759. The van der Waals surface area contributed by atoms with E-state index in [-0.39, 0.29) is 5.91 Å². The first-order valence-electron chi connectivity index (χ1n) is 8.56. The van der Waals surface area contributed by atoms with Crippen molar-refractivity contribution in [1.82, 2.24) is 4.90 Å². The highest BCUT2D eigenvalue weighted by molar-refractivity contribution is 7.99. The van der Waals surface area contributed by atoms with E-state index in [0.29, 0.717) is 17.7 Å². The van der Waals surface area contributed by atoms with Gasteiger partial charge in [0, 0.05) is 29.5 Å². The van der Waals surface area contributed by atoms with Crippen molar-refractivity contribution in [3.63, 3.8) is 0 Å². The summed E-state index contributed by atoms with van der Waals surface area (Å²) in [5.41, 5.74) is 2.18. The van der Waals surface area contributed by atoms with Crippen molar-refractivity contribution in [3.05, 3.63) is 70.8 Å². The van der Waals surface area contributed by atoms with Crippen molar-refractivity contribution in [2.24, 2.45) is 0 Å². The lowest BCUT2D eigenvalue weighted by Crippen LogP contribution is -2.30. The quantitative estimate of drug-likeness (QED) is 0.730. The van der Waals surface area contributed by atoms with Gasteiger partial charge in [0.25, 0.3) is 5.91 Å². The Kier molecular flexibility index (Phi) is 5.74. The number of benzene rings is 2. The van der Waals surface area contributed by atoms with Gasteiger partial charge in [0.2, 0.25) is 0 Å². The van der Waals surface area contributed by atoms with Crippen LogP contribution in [0.1, 0.15) is 46.6 Å². The Balaban J connectivity index is 1.78. The average molecular weight is 361 g/mol. The molecule has 0 spiro atoms. The molecule has 2 nitrogen and oxygen atoms in total. The molecule has 2 aromatic rings. The minimum Gasteiger partial charge on any atom is -0.322 e. The Morgan fingerprint density at radius 2 is 1.96 bits per heavy atom. The van der Waals surface area contributed by atoms with E-state index < -0.39 is 17.0 Å². The first-order valence-corrected chi connectivity index (χ1v) is 9.61. The first-order chi connectivity index (χ1) is 12.1. The Bertz CT molecular complexity index is 748. The molecule has 0 N–H and O–H groups in total. The maximum Gasteiger partial charge on any atom is 0.255 e. The standard InChI is InChI=1S/C20H21F2NOS/c1-2-3-4-14-5-7-15(8-6-14)19(24)23-11-12-25-20(23)17-10-9-16(21)13-18(17)22/h5-10,13,20H,2-4,11-12H2,1H3. The van der Waals surface area contributed by atoms with Gasteiger partial charge in [-0.1, -0.05) is 31.5 Å². The number of hydrogen-bond acceptors (Lipinski definition) is 2. The van der Waals surface area contributed by atoms with E-state index in [1.54, 1.807) is 4.90 Å². The number of carbonyl (C=O) groups excluding carboxylic acids is 1. The van der Waals surface area contributed by atoms with Crippen molar-refractivity contribution in [1.29, 1.82) is 0 Å². The topological polar surface area (TPSA) is 20.3 Å². The number of amides is 1. The summed E-state index contributed by atoms with van der Waals surface area (Å²) in [6, 6.07) is 11.2. The maximum absolute atomic E-state index is 14.1. The molecule has 5 heteroatoms. The van der Waals surface area contributed by atoms with Gasteiger partial charge in [-0.25, -0.2) is 8.78 Å². The molecule has 1 aliphatic rings. The smallest absolute Gasteiger partial charge is 0.255 e. The molecule has 2 aromatic carbocycles. The number of thioether (sulfide) groups is 1. The van der Waals surface area contributed by atoms with Crippen molar-refractivity contribution < 1.29 is 13.6 Å². The summed E-state index contributed by atoms with van der Waals surface area (Å²) >= 11 is 1.50. The molecule has 1 heterocycles. The highest BCUT2D eigenvalue weighted by Gasteiger charge is 2.33. The van der Waals surface area contributed by atoms with Crippen LogP contribution in [0.25, 0.3) is 0 Å². The molecule has 1 unspecified atom stereocenters. The number of aryl methyl sites for hydroxylation is 1. The second kappa shape index (κ2) is 8.00. The van der Waals surface area contributed by atoms with Gasteiger partial charge < -0.3 is 4.90 Å². The van der Waals surface area contributed by atoms with Gasteiger partial charge in [-0.05, 0) is 36.6 Å². The molecule has 0 aliphatic carbocycles. The van der Waals surface area contributed by atoms with Crippen LogP contribution in [-0.4, -0.2) is 23.1 Å². The molecule has 0 radical (unpaired) electrons. The van der Waals surface area contributed by atoms with Gasteiger partial charge in [0.15, 0.2) is 0 Å². The molecule has 3 rings (SSSR count). The van der Waals surface area contributed by atoms with E-state index in [1.165, 1.54) is 29.5 Å². The molecule has 25 heavy (non-hydrogen) atoms.